The van der Waals surface area contributed by atoms with Gasteiger partial charge in [-0.1, -0.05) is 66.7 Å². The highest BCUT2D eigenvalue weighted by molar-refractivity contribution is 5.77. The maximum Gasteiger partial charge on any atom is 0.324 e. The summed E-state index contributed by atoms with van der Waals surface area (Å²) < 4.78 is 10.5. The molecule has 1 unspecified atom stereocenters. The standard InChI is InChI=1S/C25H25NO4/c1-29-21-13-9-19(10-14-21)24(20-11-15-22(30-2)16-12-20)26-23(25(27)28)17-8-18-6-4-3-5-7-18/h3-17,23-24,26H,1-2H3,(H,27,28)/b17-8+. The largest absolute Gasteiger partial charge is 0.497 e. The minimum absolute atomic E-state index is 0.330. The smallest absolute Gasteiger partial charge is 0.324 e. The predicted octanol–water partition coefficient (Wildman–Crippen LogP) is 4.55. The monoisotopic (exact) mass is 403 g/mol. The SMILES string of the molecule is COc1ccc(C(NC(/C=C/c2ccccc2)C(=O)O)c2ccc(OC)cc2)cc1. The summed E-state index contributed by atoms with van der Waals surface area (Å²) in [7, 11) is 3.23. The lowest BCUT2D eigenvalue weighted by Gasteiger charge is -2.23. The van der Waals surface area contributed by atoms with Crippen molar-refractivity contribution in [1.82, 2.24) is 5.32 Å². The number of ether oxygens (including phenoxy) is 2. The third-order valence-corrected chi connectivity index (χ3v) is 4.79. The van der Waals surface area contributed by atoms with E-state index in [1.807, 2.05) is 84.9 Å². The van der Waals surface area contributed by atoms with Crippen molar-refractivity contribution in [2.75, 3.05) is 14.2 Å². The summed E-state index contributed by atoms with van der Waals surface area (Å²) in [5.41, 5.74) is 2.80. The molecule has 0 aliphatic carbocycles. The van der Waals surface area contributed by atoms with Crippen LogP contribution in [0.4, 0.5) is 0 Å². The Bertz CT molecular complexity index is 919. The van der Waals surface area contributed by atoms with Crippen molar-refractivity contribution >= 4 is 12.0 Å². The molecule has 2 N–H and O–H groups in total. The molecule has 5 heteroatoms. The van der Waals surface area contributed by atoms with Crippen molar-refractivity contribution in [3.63, 3.8) is 0 Å². The van der Waals surface area contributed by atoms with Gasteiger partial charge in [0.15, 0.2) is 0 Å². The van der Waals surface area contributed by atoms with Crippen LogP contribution in [0, 0.1) is 0 Å². The van der Waals surface area contributed by atoms with Gasteiger partial charge in [0.25, 0.3) is 0 Å². The van der Waals surface area contributed by atoms with E-state index in [0.29, 0.717) is 0 Å². The van der Waals surface area contributed by atoms with E-state index < -0.39 is 12.0 Å². The zero-order valence-corrected chi connectivity index (χ0v) is 17.0. The number of nitrogens with one attached hydrogen (secondary N) is 1. The number of carboxylic acid groups (broad SMARTS) is 1. The minimum Gasteiger partial charge on any atom is -0.497 e. The summed E-state index contributed by atoms with van der Waals surface area (Å²) >= 11 is 0. The van der Waals surface area contributed by atoms with Crippen molar-refractivity contribution in [3.05, 3.63) is 102 Å². The fourth-order valence-corrected chi connectivity index (χ4v) is 3.14. The molecule has 0 spiro atoms. The highest BCUT2D eigenvalue weighted by Gasteiger charge is 2.22. The Morgan fingerprint density at radius 1 is 0.833 bits per heavy atom. The minimum atomic E-state index is -0.950. The van der Waals surface area contributed by atoms with Gasteiger partial charge in [-0.2, -0.15) is 0 Å². The Kier molecular flexibility index (Phi) is 7.24. The zero-order chi connectivity index (χ0) is 21.3. The Morgan fingerprint density at radius 3 is 1.77 bits per heavy atom. The van der Waals surface area contributed by atoms with E-state index in [0.717, 1.165) is 28.2 Å². The first-order valence-electron chi connectivity index (χ1n) is 9.60. The summed E-state index contributed by atoms with van der Waals surface area (Å²) in [4.78, 5) is 12.0. The quantitative estimate of drug-likeness (QED) is 0.549. The second kappa shape index (κ2) is 10.3. The number of aliphatic carboxylic acids is 1. The van der Waals surface area contributed by atoms with Gasteiger partial charge in [0.2, 0.25) is 0 Å². The van der Waals surface area contributed by atoms with Crippen molar-refractivity contribution in [1.29, 1.82) is 0 Å². The lowest BCUT2D eigenvalue weighted by Crippen LogP contribution is -2.38. The Hall–Kier alpha value is -3.57. The van der Waals surface area contributed by atoms with Crippen molar-refractivity contribution in [2.24, 2.45) is 0 Å². The summed E-state index contributed by atoms with van der Waals surface area (Å²) in [6.07, 6.45) is 3.47. The van der Waals surface area contributed by atoms with Crippen LogP contribution < -0.4 is 14.8 Å². The fraction of sp³-hybridized carbons (Fsp3) is 0.160. The van der Waals surface area contributed by atoms with Gasteiger partial charge in [-0.25, -0.2) is 0 Å². The highest BCUT2D eigenvalue weighted by Crippen LogP contribution is 2.26. The molecular weight excluding hydrogens is 378 g/mol. The number of carbonyl (C=O) groups is 1. The molecule has 154 valence electrons. The molecule has 30 heavy (non-hydrogen) atoms. The van der Waals surface area contributed by atoms with Crippen LogP contribution in [-0.4, -0.2) is 31.3 Å². The molecule has 3 aromatic rings. The molecule has 0 saturated heterocycles. The summed E-state index contributed by atoms with van der Waals surface area (Å²) in [5, 5.41) is 13.1. The first-order valence-corrected chi connectivity index (χ1v) is 9.60. The van der Waals surface area contributed by atoms with Gasteiger partial charge in [-0.15, -0.1) is 0 Å². The number of carboxylic acids is 1. The maximum atomic E-state index is 12.0. The molecule has 0 aromatic heterocycles. The topological polar surface area (TPSA) is 67.8 Å². The van der Waals surface area contributed by atoms with Crippen molar-refractivity contribution in [2.45, 2.75) is 12.1 Å². The van der Waals surface area contributed by atoms with Gasteiger partial charge >= 0.3 is 5.97 Å². The maximum absolute atomic E-state index is 12.0. The summed E-state index contributed by atoms with van der Waals surface area (Å²) in [6, 6.07) is 23.6. The fourth-order valence-electron chi connectivity index (χ4n) is 3.14. The van der Waals surface area contributed by atoms with Gasteiger partial charge in [0, 0.05) is 0 Å². The molecule has 5 nitrogen and oxygen atoms in total. The van der Waals surface area contributed by atoms with Crippen molar-refractivity contribution in [3.8, 4) is 11.5 Å². The molecule has 0 heterocycles. The lowest BCUT2D eigenvalue weighted by atomic mass is 9.97. The predicted molar refractivity (Wildman–Crippen MR) is 118 cm³/mol. The average molecular weight is 403 g/mol. The number of rotatable bonds is 9. The normalized spacial score (nSPS) is 12.1. The van der Waals surface area contributed by atoms with Crippen LogP contribution in [0.3, 0.4) is 0 Å². The Labute approximate surface area is 176 Å². The summed E-state index contributed by atoms with van der Waals surface area (Å²) in [6.45, 7) is 0. The molecular formula is C25H25NO4. The first kappa shape index (κ1) is 21.1. The van der Waals surface area contributed by atoms with Crippen LogP contribution in [0.1, 0.15) is 22.7 Å². The van der Waals surface area contributed by atoms with Gasteiger partial charge in [-0.05, 0) is 41.0 Å². The van der Waals surface area contributed by atoms with E-state index in [9.17, 15) is 9.90 Å². The lowest BCUT2D eigenvalue weighted by molar-refractivity contribution is -0.138. The molecule has 3 aromatic carbocycles. The van der Waals surface area contributed by atoms with Crippen LogP contribution in [-0.2, 0) is 4.79 Å². The molecule has 0 bridgehead atoms. The average Bonchev–Trinajstić information content (AvgIpc) is 2.80. The van der Waals surface area contributed by atoms with Crippen LogP contribution in [0.25, 0.3) is 6.08 Å². The molecule has 0 saturated carbocycles. The summed E-state index contributed by atoms with van der Waals surface area (Å²) in [5.74, 6) is 0.534. The molecule has 3 rings (SSSR count). The van der Waals surface area contributed by atoms with E-state index in [1.54, 1.807) is 20.3 Å². The van der Waals surface area contributed by atoms with E-state index in [2.05, 4.69) is 5.32 Å². The van der Waals surface area contributed by atoms with Crippen LogP contribution >= 0.6 is 0 Å². The number of benzene rings is 3. The van der Waals surface area contributed by atoms with E-state index in [1.165, 1.54) is 0 Å². The zero-order valence-electron chi connectivity index (χ0n) is 17.0. The molecule has 0 fully saturated rings. The second-order valence-electron chi connectivity index (χ2n) is 6.73. The molecule has 0 aliphatic rings. The van der Waals surface area contributed by atoms with E-state index >= 15 is 0 Å². The van der Waals surface area contributed by atoms with Gasteiger partial charge in [0.1, 0.15) is 17.5 Å². The van der Waals surface area contributed by atoms with Gasteiger partial charge < -0.3 is 14.6 Å². The number of methoxy groups -OCH3 is 2. The van der Waals surface area contributed by atoms with Gasteiger partial charge in [0.05, 0.1) is 20.3 Å². The molecule has 1 atom stereocenters. The number of hydrogen-bond acceptors (Lipinski definition) is 4. The Balaban J connectivity index is 1.92. The first-order chi connectivity index (χ1) is 14.6. The van der Waals surface area contributed by atoms with Crippen LogP contribution in [0.15, 0.2) is 84.9 Å². The molecule has 0 aliphatic heterocycles. The third-order valence-electron chi connectivity index (χ3n) is 4.79. The van der Waals surface area contributed by atoms with E-state index in [-0.39, 0.29) is 6.04 Å². The number of hydrogen-bond donors (Lipinski definition) is 2. The third kappa shape index (κ3) is 5.49. The van der Waals surface area contributed by atoms with Crippen LogP contribution in [0.2, 0.25) is 0 Å². The molecule has 0 amide bonds. The Morgan fingerprint density at radius 2 is 1.33 bits per heavy atom. The van der Waals surface area contributed by atoms with E-state index in [4.69, 9.17) is 9.47 Å². The van der Waals surface area contributed by atoms with Crippen LogP contribution in [0.5, 0.6) is 11.5 Å². The highest BCUT2D eigenvalue weighted by atomic mass is 16.5. The van der Waals surface area contributed by atoms with Gasteiger partial charge in [-0.3, -0.25) is 10.1 Å². The second-order valence-corrected chi connectivity index (χ2v) is 6.73. The molecule has 0 radical (unpaired) electrons. The van der Waals surface area contributed by atoms with Crippen molar-refractivity contribution < 1.29 is 19.4 Å².